The third-order valence-electron chi connectivity index (χ3n) is 3.91. The lowest BCUT2D eigenvalue weighted by Crippen LogP contribution is -2.24. The number of fused-ring (bicyclic) bond motifs is 1. The highest BCUT2D eigenvalue weighted by molar-refractivity contribution is 7.19. The summed E-state index contributed by atoms with van der Waals surface area (Å²) in [5.41, 5.74) is 0. The second-order valence-corrected chi connectivity index (χ2v) is 6.93. The van der Waals surface area contributed by atoms with Crippen molar-refractivity contribution in [2.45, 2.75) is 25.8 Å². The van der Waals surface area contributed by atoms with Gasteiger partial charge >= 0.3 is 0 Å². The minimum atomic E-state index is 0.887. The SMILES string of the molecule is Clc1c(CNCCCN2CCCC2)sc2ccccc12. The van der Waals surface area contributed by atoms with Crippen molar-refractivity contribution >= 4 is 33.0 Å². The molecular weight excluding hydrogens is 288 g/mol. The average Bonchev–Trinajstić information content (AvgIpc) is 3.08. The van der Waals surface area contributed by atoms with Gasteiger partial charge in [0, 0.05) is 21.5 Å². The van der Waals surface area contributed by atoms with E-state index in [9.17, 15) is 0 Å². The van der Waals surface area contributed by atoms with E-state index in [1.165, 1.54) is 53.9 Å². The molecule has 0 atom stereocenters. The molecule has 0 spiro atoms. The van der Waals surface area contributed by atoms with Crippen molar-refractivity contribution in [3.05, 3.63) is 34.2 Å². The molecule has 0 aliphatic carbocycles. The molecule has 1 saturated heterocycles. The molecule has 2 nitrogen and oxygen atoms in total. The van der Waals surface area contributed by atoms with Crippen molar-refractivity contribution in [3.8, 4) is 0 Å². The number of likely N-dealkylation sites (tertiary alicyclic amines) is 1. The Labute approximate surface area is 129 Å². The first-order valence-corrected chi connectivity index (χ1v) is 8.63. The van der Waals surface area contributed by atoms with Gasteiger partial charge in [0.15, 0.2) is 0 Å². The third kappa shape index (κ3) is 3.34. The van der Waals surface area contributed by atoms with E-state index in [0.29, 0.717) is 0 Å². The first-order valence-electron chi connectivity index (χ1n) is 7.43. The number of thiophene rings is 1. The highest BCUT2D eigenvalue weighted by atomic mass is 35.5. The molecule has 108 valence electrons. The number of hydrogen-bond acceptors (Lipinski definition) is 3. The van der Waals surface area contributed by atoms with E-state index >= 15 is 0 Å². The molecule has 0 amide bonds. The van der Waals surface area contributed by atoms with Crippen LogP contribution in [0.2, 0.25) is 5.02 Å². The van der Waals surface area contributed by atoms with E-state index in [4.69, 9.17) is 11.6 Å². The standard InChI is InChI=1S/C16H21ClN2S/c17-16-13-6-1-2-7-14(13)20-15(16)12-18-8-5-11-19-9-3-4-10-19/h1-2,6-7,18H,3-5,8-12H2. The van der Waals surface area contributed by atoms with Crippen LogP contribution in [0, 0.1) is 0 Å². The van der Waals surface area contributed by atoms with Gasteiger partial charge in [-0.3, -0.25) is 0 Å². The lowest BCUT2D eigenvalue weighted by atomic mass is 10.2. The topological polar surface area (TPSA) is 15.3 Å². The molecule has 2 aromatic rings. The van der Waals surface area contributed by atoms with E-state index in [2.05, 4.69) is 28.4 Å². The van der Waals surface area contributed by atoms with Crippen LogP contribution in [0.25, 0.3) is 10.1 Å². The predicted octanol–water partition coefficient (Wildman–Crippen LogP) is 4.13. The molecule has 1 aromatic carbocycles. The van der Waals surface area contributed by atoms with Gasteiger partial charge in [0.05, 0.1) is 5.02 Å². The van der Waals surface area contributed by atoms with Crippen LogP contribution in [0.5, 0.6) is 0 Å². The fourth-order valence-electron chi connectivity index (χ4n) is 2.81. The molecule has 1 N–H and O–H groups in total. The minimum Gasteiger partial charge on any atom is -0.312 e. The third-order valence-corrected chi connectivity index (χ3v) is 5.63. The van der Waals surface area contributed by atoms with Gasteiger partial charge in [-0.2, -0.15) is 0 Å². The summed E-state index contributed by atoms with van der Waals surface area (Å²) in [5, 5.41) is 5.64. The molecule has 0 saturated carbocycles. The predicted molar refractivity (Wildman–Crippen MR) is 88.8 cm³/mol. The Morgan fingerprint density at radius 2 is 2.00 bits per heavy atom. The van der Waals surface area contributed by atoms with Crippen molar-refractivity contribution < 1.29 is 0 Å². The summed E-state index contributed by atoms with van der Waals surface area (Å²) in [5.74, 6) is 0. The van der Waals surface area contributed by atoms with Crippen molar-refractivity contribution in [2.24, 2.45) is 0 Å². The molecule has 2 heterocycles. The van der Waals surface area contributed by atoms with Crippen LogP contribution in [-0.4, -0.2) is 31.1 Å². The Morgan fingerprint density at radius 1 is 1.20 bits per heavy atom. The van der Waals surface area contributed by atoms with Crippen molar-refractivity contribution in [1.29, 1.82) is 0 Å². The molecule has 0 bridgehead atoms. The Bertz CT molecular complexity index is 561. The highest BCUT2D eigenvalue weighted by Gasteiger charge is 2.11. The maximum atomic E-state index is 6.44. The van der Waals surface area contributed by atoms with E-state index in [0.717, 1.165) is 18.1 Å². The number of halogens is 1. The first-order chi connectivity index (χ1) is 9.84. The fraction of sp³-hybridized carbons (Fsp3) is 0.500. The van der Waals surface area contributed by atoms with Gasteiger partial charge in [-0.25, -0.2) is 0 Å². The van der Waals surface area contributed by atoms with Gasteiger partial charge in [0.1, 0.15) is 0 Å². The summed E-state index contributed by atoms with van der Waals surface area (Å²) in [6, 6.07) is 8.37. The minimum absolute atomic E-state index is 0.887. The van der Waals surface area contributed by atoms with E-state index in [1.807, 2.05) is 6.07 Å². The number of hydrogen-bond donors (Lipinski definition) is 1. The molecule has 0 radical (unpaired) electrons. The second kappa shape index (κ2) is 6.90. The molecule has 20 heavy (non-hydrogen) atoms. The van der Waals surface area contributed by atoms with Gasteiger partial charge < -0.3 is 10.2 Å². The van der Waals surface area contributed by atoms with Crippen molar-refractivity contribution in [3.63, 3.8) is 0 Å². The Balaban J connectivity index is 1.46. The average molecular weight is 309 g/mol. The maximum Gasteiger partial charge on any atom is 0.0636 e. The molecule has 0 unspecified atom stereocenters. The number of nitrogens with one attached hydrogen (secondary N) is 1. The van der Waals surface area contributed by atoms with Gasteiger partial charge in [-0.05, 0) is 51.5 Å². The van der Waals surface area contributed by atoms with Crippen molar-refractivity contribution in [1.82, 2.24) is 10.2 Å². The molecule has 1 fully saturated rings. The molecule has 1 aliphatic heterocycles. The van der Waals surface area contributed by atoms with Gasteiger partial charge in [-0.15, -0.1) is 11.3 Å². The van der Waals surface area contributed by atoms with Crippen LogP contribution in [-0.2, 0) is 6.54 Å². The quantitative estimate of drug-likeness (QED) is 0.807. The molecule has 1 aliphatic rings. The van der Waals surface area contributed by atoms with Gasteiger partial charge in [0.2, 0.25) is 0 Å². The Kier molecular flexibility index (Phi) is 4.94. The summed E-state index contributed by atoms with van der Waals surface area (Å²) in [7, 11) is 0. The number of rotatable bonds is 6. The van der Waals surface area contributed by atoms with E-state index < -0.39 is 0 Å². The summed E-state index contributed by atoms with van der Waals surface area (Å²) in [4.78, 5) is 3.82. The van der Waals surface area contributed by atoms with Crippen LogP contribution in [0.15, 0.2) is 24.3 Å². The molecule has 1 aromatic heterocycles. The zero-order valence-corrected chi connectivity index (χ0v) is 13.3. The van der Waals surface area contributed by atoms with Gasteiger partial charge in [0.25, 0.3) is 0 Å². The smallest absolute Gasteiger partial charge is 0.0636 e. The summed E-state index contributed by atoms with van der Waals surface area (Å²) < 4.78 is 1.28. The van der Waals surface area contributed by atoms with Crippen LogP contribution in [0.1, 0.15) is 24.1 Å². The maximum absolute atomic E-state index is 6.44. The number of nitrogens with zero attached hydrogens (tertiary/aromatic N) is 1. The lowest BCUT2D eigenvalue weighted by Gasteiger charge is -2.14. The lowest BCUT2D eigenvalue weighted by molar-refractivity contribution is 0.331. The second-order valence-electron chi connectivity index (χ2n) is 5.41. The van der Waals surface area contributed by atoms with E-state index in [1.54, 1.807) is 11.3 Å². The first kappa shape index (κ1) is 14.3. The zero-order valence-electron chi connectivity index (χ0n) is 11.7. The Hall–Kier alpha value is -0.610. The summed E-state index contributed by atoms with van der Waals surface area (Å²) >= 11 is 8.24. The van der Waals surface area contributed by atoms with Crippen molar-refractivity contribution in [2.75, 3.05) is 26.2 Å². The number of benzene rings is 1. The molecule has 4 heteroatoms. The van der Waals surface area contributed by atoms with E-state index in [-0.39, 0.29) is 0 Å². The van der Waals surface area contributed by atoms with Crippen LogP contribution >= 0.6 is 22.9 Å². The highest BCUT2D eigenvalue weighted by Crippen LogP contribution is 2.34. The summed E-state index contributed by atoms with van der Waals surface area (Å²) in [6.45, 7) is 5.77. The zero-order chi connectivity index (χ0) is 13.8. The van der Waals surface area contributed by atoms with Crippen LogP contribution in [0.3, 0.4) is 0 Å². The normalized spacial score (nSPS) is 16.2. The Morgan fingerprint density at radius 3 is 2.80 bits per heavy atom. The monoisotopic (exact) mass is 308 g/mol. The van der Waals surface area contributed by atoms with Crippen LogP contribution in [0.4, 0.5) is 0 Å². The largest absolute Gasteiger partial charge is 0.312 e. The fourth-order valence-corrected chi connectivity index (χ4v) is 4.28. The molecule has 3 rings (SSSR count). The summed E-state index contributed by atoms with van der Waals surface area (Å²) in [6.07, 6.45) is 3.98. The van der Waals surface area contributed by atoms with Gasteiger partial charge in [-0.1, -0.05) is 29.8 Å². The van der Waals surface area contributed by atoms with Crippen LogP contribution < -0.4 is 5.32 Å². The molecular formula is C16H21ClN2S.